The number of benzene rings is 1. The van der Waals surface area contributed by atoms with Crippen LogP contribution in [0.3, 0.4) is 0 Å². The van der Waals surface area contributed by atoms with Crippen LogP contribution in [0.25, 0.3) is 0 Å². The largest absolute Gasteiger partial charge is 0.337 e. The van der Waals surface area contributed by atoms with Crippen LogP contribution in [0.4, 0.5) is 5.69 Å². The van der Waals surface area contributed by atoms with E-state index in [9.17, 15) is 4.79 Å². The molecular weight excluding hydrogens is 318 g/mol. The molecule has 0 aliphatic carbocycles. The van der Waals surface area contributed by atoms with Crippen molar-refractivity contribution in [3.8, 4) is 0 Å². The molecule has 0 saturated heterocycles. The number of carbonyl (C=O) groups excluding carboxylic acids is 1. The van der Waals surface area contributed by atoms with E-state index in [0.717, 1.165) is 29.8 Å². The highest BCUT2D eigenvalue weighted by molar-refractivity contribution is 8.93. The van der Waals surface area contributed by atoms with Crippen LogP contribution in [0.1, 0.15) is 24.0 Å². The van der Waals surface area contributed by atoms with E-state index in [1.54, 1.807) is 12.5 Å². The van der Waals surface area contributed by atoms with E-state index in [4.69, 9.17) is 0 Å². The van der Waals surface area contributed by atoms with Crippen molar-refractivity contribution in [3.63, 3.8) is 0 Å². The Morgan fingerprint density at radius 3 is 2.60 bits per heavy atom. The molecule has 108 valence electrons. The van der Waals surface area contributed by atoms with Crippen LogP contribution >= 0.6 is 17.0 Å². The van der Waals surface area contributed by atoms with Crippen LogP contribution < -0.4 is 5.32 Å². The SMILES string of the molecule is Br.Cc1cccc(C)c1NC(=O)CCCn1ccnc1. The zero-order valence-electron chi connectivity index (χ0n) is 11.8. The summed E-state index contributed by atoms with van der Waals surface area (Å²) in [5, 5.41) is 2.99. The van der Waals surface area contributed by atoms with Crippen molar-refractivity contribution in [3.05, 3.63) is 48.0 Å². The Bertz CT molecular complexity index is 532. The summed E-state index contributed by atoms with van der Waals surface area (Å²) in [4.78, 5) is 15.9. The summed E-state index contributed by atoms with van der Waals surface area (Å²) in [5.41, 5.74) is 3.14. The van der Waals surface area contributed by atoms with Crippen LogP contribution in [-0.2, 0) is 11.3 Å². The highest BCUT2D eigenvalue weighted by atomic mass is 79.9. The lowest BCUT2D eigenvalue weighted by molar-refractivity contribution is -0.116. The Morgan fingerprint density at radius 1 is 1.30 bits per heavy atom. The van der Waals surface area contributed by atoms with Gasteiger partial charge in [-0.05, 0) is 31.4 Å². The van der Waals surface area contributed by atoms with Gasteiger partial charge >= 0.3 is 0 Å². The summed E-state index contributed by atoms with van der Waals surface area (Å²) in [6.07, 6.45) is 6.75. The second kappa shape index (κ2) is 7.85. The number of halogens is 1. The molecule has 0 saturated carbocycles. The number of aryl methyl sites for hydroxylation is 3. The lowest BCUT2D eigenvalue weighted by atomic mass is 10.1. The van der Waals surface area contributed by atoms with Crippen molar-refractivity contribution < 1.29 is 4.79 Å². The van der Waals surface area contributed by atoms with Gasteiger partial charge < -0.3 is 9.88 Å². The third-order valence-electron chi connectivity index (χ3n) is 3.12. The van der Waals surface area contributed by atoms with Gasteiger partial charge in [0.05, 0.1) is 6.33 Å². The average Bonchev–Trinajstić information content (AvgIpc) is 2.87. The molecule has 4 nitrogen and oxygen atoms in total. The molecule has 0 unspecified atom stereocenters. The third kappa shape index (κ3) is 4.49. The Balaban J connectivity index is 0.00000200. The van der Waals surface area contributed by atoms with Crippen molar-refractivity contribution in [2.24, 2.45) is 0 Å². The maximum Gasteiger partial charge on any atom is 0.224 e. The Morgan fingerprint density at radius 2 is 2.00 bits per heavy atom. The van der Waals surface area contributed by atoms with Gasteiger partial charge in [0.25, 0.3) is 0 Å². The summed E-state index contributed by atoms with van der Waals surface area (Å²) in [6.45, 7) is 4.84. The maximum atomic E-state index is 11.9. The highest BCUT2D eigenvalue weighted by Crippen LogP contribution is 2.19. The van der Waals surface area contributed by atoms with Gasteiger partial charge in [0.15, 0.2) is 0 Å². The number of amides is 1. The third-order valence-corrected chi connectivity index (χ3v) is 3.12. The standard InChI is InChI=1S/C15H19N3O.BrH/c1-12-5-3-6-13(2)15(12)17-14(19)7-4-9-18-10-8-16-11-18;/h3,5-6,8,10-11H,4,7,9H2,1-2H3,(H,17,19);1H. The number of nitrogens with one attached hydrogen (secondary N) is 1. The quantitative estimate of drug-likeness (QED) is 0.907. The van der Waals surface area contributed by atoms with E-state index in [0.29, 0.717) is 6.42 Å². The maximum absolute atomic E-state index is 11.9. The Hall–Kier alpha value is -1.62. The summed E-state index contributed by atoms with van der Waals surface area (Å²) in [5.74, 6) is 0.0671. The molecular formula is C15H20BrN3O. The van der Waals surface area contributed by atoms with Gasteiger partial charge in [-0.1, -0.05) is 18.2 Å². The molecule has 0 spiro atoms. The number of anilines is 1. The van der Waals surface area contributed by atoms with E-state index in [1.165, 1.54) is 0 Å². The van der Waals surface area contributed by atoms with Gasteiger partial charge in [-0.15, -0.1) is 17.0 Å². The number of para-hydroxylation sites is 1. The summed E-state index contributed by atoms with van der Waals surface area (Å²) < 4.78 is 1.98. The average molecular weight is 338 g/mol. The number of carbonyl (C=O) groups is 1. The normalized spacial score (nSPS) is 9.90. The zero-order chi connectivity index (χ0) is 13.7. The number of aromatic nitrogens is 2. The summed E-state index contributed by atoms with van der Waals surface area (Å²) in [7, 11) is 0. The number of hydrogen-bond donors (Lipinski definition) is 1. The van der Waals surface area contributed by atoms with Crippen molar-refractivity contribution in [2.45, 2.75) is 33.2 Å². The predicted octanol–water partition coefficient (Wildman–Crippen LogP) is 3.50. The Labute approximate surface area is 130 Å². The molecule has 0 aliphatic rings. The topological polar surface area (TPSA) is 46.9 Å². The minimum absolute atomic E-state index is 0. The lowest BCUT2D eigenvalue weighted by Gasteiger charge is -2.11. The van der Waals surface area contributed by atoms with Gasteiger partial charge in [-0.3, -0.25) is 4.79 Å². The van der Waals surface area contributed by atoms with E-state index in [1.807, 2.05) is 42.8 Å². The molecule has 0 aliphatic heterocycles. The lowest BCUT2D eigenvalue weighted by Crippen LogP contribution is -2.14. The smallest absolute Gasteiger partial charge is 0.224 e. The molecule has 0 radical (unpaired) electrons. The number of imidazole rings is 1. The van der Waals surface area contributed by atoms with Crippen molar-refractivity contribution in [1.82, 2.24) is 9.55 Å². The number of hydrogen-bond acceptors (Lipinski definition) is 2. The first-order valence-electron chi connectivity index (χ1n) is 6.48. The predicted molar refractivity (Wildman–Crippen MR) is 86.3 cm³/mol. The number of nitrogens with zero attached hydrogens (tertiary/aromatic N) is 2. The van der Waals surface area contributed by atoms with Gasteiger partial charge in [-0.2, -0.15) is 0 Å². The van der Waals surface area contributed by atoms with Crippen LogP contribution in [-0.4, -0.2) is 15.5 Å². The van der Waals surface area contributed by atoms with Gasteiger partial charge in [-0.25, -0.2) is 4.98 Å². The van der Waals surface area contributed by atoms with Crippen molar-refractivity contribution in [2.75, 3.05) is 5.32 Å². The van der Waals surface area contributed by atoms with Gasteiger partial charge in [0.2, 0.25) is 5.91 Å². The van der Waals surface area contributed by atoms with Crippen LogP contribution in [0, 0.1) is 13.8 Å². The van der Waals surface area contributed by atoms with E-state index < -0.39 is 0 Å². The fourth-order valence-electron chi connectivity index (χ4n) is 2.05. The Kier molecular flexibility index (Phi) is 6.45. The first-order valence-corrected chi connectivity index (χ1v) is 6.48. The monoisotopic (exact) mass is 337 g/mol. The molecule has 0 fully saturated rings. The first-order chi connectivity index (χ1) is 9.16. The second-order valence-electron chi connectivity index (χ2n) is 4.72. The van der Waals surface area contributed by atoms with Crippen molar-refractivity contribution >= 4 is 28.6 Å². The second-order valence-corrected chi connectivity index (χ2v) is 4.72. The molecule has 1 aromatic carbocycles. The molecule has 1 heterocycles. The molecule has 1 amide bonds. The van der Waals surface area contributed by atoms with Crippen molar-refractivity contribution in [1.29, 1.82) is 0 Å². The van der Waals surface area contributed by atoms with Gasteiger partial charge in [0, 0.05) is 31.0 Å². The van der Waals surface area contributed by atoms with Gasteiger partial charge in [0.1, 0.15) is 0 Å². The van der Waals surface area contributed by atoms with Crippen LogP contribution in [0.5, 0.6) is 0 Å². The zero-order valence-corrected chi connectivity index (χ0v) is 13.5. The molecule has 1 N–H and O–H groups in total. The molecule has 2 rings (SSSR count). The summed E-state index contributed by atoms with van der Waals surface area (Å²) >= 11 is 0. The van der Waals surface area contributed by atoms with E-state index >= 15 is 0 Å². The minimum Gasteiger partial charge on any atom is -0.337 e. The van der Waals surface area contributed by atoms with E-state index in [-0.39, 0.29) is 22.9 Å². The fourth-order valence-corrected chi connectivity index (χ4v) is 2.05. The molecule has 2 aromatic rings. The van der Waals surface area contributed by atoms with E-state index in [2.05, 4.69) is 10.3 Å². The molecule has 0 atom stereocenters. The fraction of sp³-hybridized carbons (Fsp3) is 0.333. The molecule has 1 aromatic heterocycles. The first kappa shape index (κ1) is 16.4. The number of rotatable bonds is 5. The minimum atomic E-state index is 0. The van der Waals surface area contributed by atoms with Crippen LogP contribution in [0.15, 0.2) is 36.9 Å². The van der Waals surface area contributed by atoms with Crippen LogP contribution in [0.2, 0.25) is 0 Å². The molecule has 0 bridgehead atoms. The molecule has 20 heavy (non-hydrogen) atoms. The highest BCUT2D eigenvalue weighted by Gasteiger charge is 2.06. The molecule has 5 heteroatoms. The summed E-state index contributed by atoms with van der Waals surface area (Å²) in [6, 6.07) is 6.02.